The lowest BCUT2D eigenvalue weighted by Gasteiger charge is -2.07. The SMILES string of the molecule is CC(C)c1csc(NC(=O)COc2ccccc2N)n1. The number of hydrogen-bond acceptors (Lipinski definition) is 5. The van der Waals surface area contributed by atoms with E-state index in [0.29, 0.717) is 22.5 Å². The van der Waals surface area contributed by atoms with Crippen molar-refractivity contribution in [1.29, 1.82) is 0 Å². The minimum atomic E-state index is -0.252. The smallest absolute Gasteiger partial charge is 0.264 e. The average molecular weight is 291 g/mol. The van der Waals surface area contributed by atoms with Crippen molar-refractivity contribution in [1.82, 2.24) is 4.98 Å². The highest BCUT2D eigenvalue weighted by molar-refractivity contribution is 7.13. The largest absolute Gasteiger partial charge is 0.482 e. The van der Waals surface area contributed by atoms with Crippen molar-refractivity contribution in [2.24, 2.45) is 0 Å². The Hall–Kier alpha value is -2.08. The summed E-state index contributed by atoms with van der Waals surface area (Å²) in [5, 5.41) is 5.24. The zero-order chi connectivity index (χ0) is 14.5. The molecular formula is C14H17N3O2S. The van der Waals surface area contributed by atoms with Gasteiger partial charge in [0.15, 0.2) is 11.7 Å². The molecule has 0 radical (unpaired) electrons. The van der Waals surface area contributed by atoms with Gasteiger partial charge in [-0.15, -0.1) is 11.3 Å². The number of nitrogens with two attached hydrogens (primary N) is 1. The van der Waals surface area contributed by atoms with Crippen molar-refractivity contribution < 1.29 is 9.53 Å². The molecule has 0 aliphatic carbocycles. The maximum Gasteiger partial charge on any atom is 0.264 e. The van der Waals surface area contributed by atoms with E-state index in [1.807, 2.05) is 11.4 Å². The number of thiazole rings is 1. The first-order valence-corrected chi connectivity index (χ1v) is 7.17. The summed E-state index contributed by atoms with van der Waals surface area (Å²) in [5.41, 5.74) is 7.21. The fourth-order valence-corrected chi connectivity index (χ4v) is 2.41. The fourth-order valence-electron chi connectivity index (χ4n) is 1.52. The van der Waals surface area contributed by atoms with Crippen molar-refractivity contribution in [3.8, 4) is 5.75 Å². The minimum Gasteiger partial charge on any atom is -0.482 e. The standard InChI is InChI=1S/C14H17N3O2S/c1-9(2)11-8-20-14(16-11)17-13(18)7-19-12-6-4-3-5-10(12)15/h3-6,8-9H,7,15H2,1-2H3,(H,16,17,18). The normalized spacial score (nSPS) is 10.6. The number of benzene rings is 1. The molecule has 0 fully saturated rings. The number of ether oxygens (including phenoxy) is 1. The third-order valence-electron chi connectivity index (χ3n) is 2.64. The van der Waals surface area contributed by atoms with Crippen LogP contribution in [0.25, 0.3) is 0 Å². The van der Waals surface area contributed by atoms with Gasteiger partial charge in [0.25, 0.3) is 5.91 Å². The number of nitrogens with zero attached hydrogens (tertiary/aromatic N) is 1. The molecule has 2 aromatic rings. The highest BCUT2D eigenvalue weighted by atomic mass is 32.1. The molecule has 0 unspecified atom stereocenters. The number of amides is 1. The molecule has 2 rings (SSSR count). The van der Waals surface area contributed by atoms with E-state index in [0.717, 1.165) is 5.69 Å². The number of rotatable bonds is 5. The van der Waals surface area contributed by atoms with Gasteiger partial charge in [0.05, 0.1) is 11.4 Å². The maximum atomic E-state index is 11.8. The lowest BCUT2D eigenvalue weighted by atomic mass is 10.2. The molecule has 1 amide bonds. The topological polar surface area (TPSA) is 77.2 Å². The van der Waals surface area contributed by atoms with E-state index in [1.54, 1.807) is 18.2 Å². The van der Waals surface area contributed by atoms with Crippen LogP contribution in [0.5, 0.6) is 5.75 Å². The summed E-state index contributed by atoms with van der Waals surface area (Å²) in [7, 11) is 0. The fraction of sp³-hybridized carbons (Fsp3) is 0.286. The minimum absolute atomic E-state index is 0.0925. The number of carbonyl (C=O) groups is 1. The van der Waals surface area contributed by atoms with Gasteiger partial charge in [-0.2, -0.15) is 0 Å². The number of anilines is 2. The summed E-state index contributed by atoms with van der Waals surface area (Å²) in [6.07, 6.45) is 0. The van der Waals surface area contributed by atoms with E-state index >= 15 is 0 Å². The van der Waals surface area contributed by atoms with Crippen LogP contribution in [0, 0.1) is 0 Å². The number of para-hydroxylation sites is 2. The van der Waals surface area contributed by atoms with Crippen LogP contribution in [0.15, 0.2) is 29.6 Å². The van der Waals surface area contributed by atoms with E-state index in [1.165, 1.54) is 11.3 Å². The maximum absolute atomic E-state index is 11.8. The third kappa shape index (κ3) is 3.71. The Morgan fingerprint density at radius 3 is 2.85 bits per heavy atom. The molecule has 20 heavy (non-hydrogen) atoms. The Morgan fingerprint density at radius 1 is 1.45 bits per heavy atom. The molecule has 0 spiro atoms. The van der Waals surface area contributed by atoms with Crippen LogP contribution in [0.3, 0.4) is 0 Å². The zero-order valence-corrected chi connectivity index (χ0v) is 12.2. The Kier molecular flexibility index (Phi) is 4.57. The van der Waals surface area contributed by atoms with E-state index in [-0.39, 0.29) is 12.5 Å². The summed E-state index contributed by atoms with van der Waals surface area (Å²) in [6.45, 7) is 4.02. The van der Waals surface area contributed by atoms with Gasteiger partial charge < -0.3 is 10.5 Å². The van der Waals surface area contributed by atoms with Crippen molar-refractivity contribution in [3.63, 3.8) is 0 Å². The van der Waals surface area contributed by atoms with Crippen molar-refractivity contribution in [3.05, 3.63) is 35.3 Å². The predicted molar refractivity (Wildman–Crippen MR) is 81.2 cm³/mol. The zero-order valence-electron chi connectivity index (χ0n) is 11.4. The molecule has 6 heteroatoms. The van der Waals surface area contributed by atoms with Crippen LogP contribution in [0.4, 0.5) is 10.8 Å². The van der Waals surface area contributed by atoms with Crippen LogP contribution in [-0.2, 0) is 4.79 Å². The second kappa shape index (κ2) is 6.38. The molecule has 106 valence electrons. The Bertz CT molecular complexity index is 596. The van der Waals surface area contributed by atoms with Gasteiger partial charge >= 0.3 is 0 Å². The van der Waals surface area contributed by atoms with Crippen LogP contribution >= 0.6 is 11.3 Å². The molecule has 3 N–H and O–H groups in total. The monoisotopic (exact) mass is 291 g/mol. The van der Waals surface area contributed by atoms with Gasteiger partial charge in [-0.25, -0.2) is 4.98 Å². The second-order valence-corrected chi connectivity index (χ2v) is 5.47. The van der Waals surface area contributed by atoms with Crippen molar-refractivity contribution in [2.45, 2.75) is 19.8 Å². The molecule has 1 heterocycles. The average Bonchev–Trinajstić information content (AvgIpc) is 2.86. The summed E-state index contributed by atoms with van der Waals surface area (Å²) in [4.78, 5) is 16.1. The molecule has 0 bridgehead atoms. The van der Waals surface area contributed by atoms with Crippen LogP contribution < -0.4 is 15.8 Å². The second-order valence-electron chi connectivity index (χ2n) is 4.61. The molecule has 0 aliphatic heterocycles. The molecule has 0 saturated carbocycles. The van der Waals surface area contributed by atoms with Gasteiger partial charge in [-0.1, -0.05) is 26.0 Å². The molecular weight excluding hydrogens is 274 g/mol. The molecule has 5 nitrogen and oxygen atoms in total. The van der Waals surface area contributed by atoms with E-state index in [9.17, 15) is 4.79 Å². The van der Waals surface area contributed by atoms with Crippen LogP contribution in [0.1, 0.15) is 25.5 Å². The van der Waals surface area contributed by atoms with Gasteiger partial charge in [-0.05, 0) is 18.1 Å². The Balaban J connectivity index is 1.88. The summed E-state index contributed by atoms with van der Waals surface area (Å²) < 4.78 is 5.36. The van der Waals surface area contributed by atoms with Crippen LogP contribution in [-0.4, -0.2) is 17.5 Å². The lowest BCUT2D eigenvalue weighted by Crippen LogP contribution is -2.20. The van der Waals surface area contributed by atoms with Crippen molar-refractivity contribution >= 4 is 28.1 Å². The number of hydrogen-bond donors (Lipinski definition) is 2. The van der Waals surface area contributed by atoms with E-state index < -0.39 is 0 Å². The quantitative estimate of drug-likeness (QED) is 0.830. The van der Waals surface area contributed by atoms with Gasteiger partial charge in [-0.3, -0.25) is 10.1 Å². The number of nitrogen functional groups attached to an aromatic ring is 1. The van der Waals surface area contributed by atoms with Crippen LogP contribution in [0.2, 0.25) is 0 Å². The molecule has 1 aromatic heterocycles. The summed E-state index contributed by atoms with van der Waals surface area (Å²) in [5.74, 6) is 0.597. The van der Waals surface area contributed by atoms with Gasteiger partial charge in [0, 0.05) is 5.38 Å². The summed E-state index contributed by atoms with van der Waals surface area (Å²) in [6, 6.07) is 7.07. The van der Waals surface area contributed by atoms with E-state index in [2.05, 4.69) is 24.1 Å². The number of nitrogens with one attached hydrogen (secondary N) is 1. The first-order valence-electron chi connectivity index (χ1n) is 6.29. The highest BCUT2D eigenvalue weighted by Gasteiger charge is 2.09. The van der Waals surface area contributed by atoms with E-state index in [4.69, 9.17) is 10.5 Å². The van der Waals surface area contributed by atoms with Gasteiger partial charge in [0.1, 0.15) is 5.75 Å². The number of carbonyl (C=O) groups excluding carboxylic acids is 1. The Labute approximate surface area is 121 Å². The van der Waals surface area contributed by atoms with Gasteiger partial charge in [0.2, 0.25) is 0 Å². The Morgan fingerprint density at radius 2 is 2.20 bits per heavy atom. The molecule has 1 aromatic carbocycles. The first-order chi connectivity index (χ1) is 9.56. The number of aromatic nitrogens is 1. The third-order valence-corrected chi connectivity index (χ3v) is 3.41. The molecule has 0 saturated heterocycles. The summed E-state index contributed by atoms with van der Waals surface area (Å²) >= 11 is 1.41. The molecule has 0 aliphatic rings. The molecule has 0 atom stereocenters. The lowest BCUT2D eigenvalue weighted by molar-refractivity contribution is -0.118. The first kappa shape index (κ1) is 14.3. The highest BCUT2D eigenvalue weighted by Crippen LogP contribution is 2.22. The predicted octanol–water partition coefficient (Wildman–Crippen LogP) is 2.87. The van der Waals surface area contributed by atoms with Crippen molar-refractivity contribution in [2.75, 3.05) is 17.7 Å².